The second-order valence-electron chi connectivity index (χ2n) is 9.08. The van der Waals surface area contributed by atoms with Crippen LogP contribution in [0.1, 0.15) is 46.3 Å². The molecule has 1 N–H and O–H groups in total. The summed E-state index contributed by atoms with van der Waals surface area (Å²) >= 11 is 4.31. The Balaban J connectivity index is 1.26. The molecule has 33 heavy (non-hydrogen) atoms. The van der Waals surface area contributed by atoms with Crippen LogP contribution in [0.2, 0.25) is 0 Å². The average molecular weight is 459 g/mol. The highest BCUT2D eigenvalue weighted by Crippen LogP contribution is 2.33. The van der Waals surface area contributed by atoms with E-state index in [4.69, 9.17) is 4.74 Å². The van der Waals surface area contributed by atoms with Gasteiger partial charge in [-0.3, -0.25) is 4.79 Å². The van der Waals surface area contributed by atoms with Crippen LogP contribution in [-0.2, 0) is 19.5 Å². The summed E-state index contributed by atoms with van der Waals surface area (Å²) in [6, 6.07) is 22.3. The molecule has 1 aliphatic carbocycles. The third-order valence-corrected chi connectivity index (χ3v) is 6.75. The van der Waals surface area contributed by atoms with Crippen molar-refractivity contribution in [3.8, 4) is 5.75 Å². The molecular weight excluding hydrogens is 428 g/mol. The summed E-state index contributed by atoms with van der Waals surface area (Å²) in [4.78, 5) is 16.1. The fourth-order valence-electron chi connectivity index (χ4n) is 4.35. The maximum Gasteiger partial charge on any atom is 0.251 e. The van der Waals surface area contributed by atoms with Gasteiger partial charge in [-0.25, -0.2) is 0 Å². The van der Waals surface area contributed by atoms with E-state index in [2.05, 4.69) is 53.2 Å². The minimum atomic E-state index is -0.0382. The number of carbonyl (C=O) groups is 1. The molecule has 0 bridgehead atoms. The van der Waals surface area contributed by atoms with Gasteiger partial charge in [-0.1, -0.05) is 30.3 Å². The first-order valence-corrected chi connectivity index (χ1v) is 12.2. The van der Waals surface area contributed by atoms with E-state index < -0.39 is 0 Å². The number of anilines is 1. The Morgan fingerprint density at radius 3 is 2.70 bits per heavy atom. The molecule has 1 saturated carbocycles. The molecule has 5 rings (SSSR count). The van der Waals surface area contributed by atoms with Crippen molar-refractivity contribution in [2.75, 3.05) is 18.1 Å². The maximum absolute atomic E-state index is 12.8. The minimum Gasteiger partial charge on any atom is -0.493 e. The van der Waals surface area contributed by atoms with Crippen molar-refractivity contribution in [1.82, 2.24) is 5.32 Å². The van der Waals surface area contributed by atoms with Gasteiger partial charge in [-0.05, 0) is 79.1 Å². The molecule has 170 valence electrons. The molecule has 0 unspecified atom stereocenters. The molecular formula is C28H30N2O2S. The summed E-state index contributed by atoms with van der Waals surface area (Å²) in [5, 5.41) is 3.03. The van der Waals surface area contributed by atoms with Gasteiger partial charge in [-0.15, -0.1) is 12.6 Å². The van der Waals surface area contributed by atoms with Gasteiger partial charge in [0, 0.05) is 41.3 Å². The second-order valence-corrected chi connectivity index (χ2v) is 9.60. The van der Waals surface area contributed by atoms with E-state index in [-0.39, 0.29) is 5.91 Å². The topological polar surface area (TPSA) is 41.6 Å². The highest BCUT2D eigenvalue weighted by Gasteiger charge is 2.23. The molecule has 0 radical (unpaired) electrons. The van der Waals surface area contributed by atoms with Crippen LogP contribution >= 0.6 is 12.6 Å². The monoisotopic (exact) mass is 458 g/mol. The molecule has 0 atom stereocenters. The fourth-order valence-corrected chi connectivity index (χ4v) is 4.50. The number of carbonyl (C=O) groups excluding carboxylic acids is 1. The molecule has 2 aliphatic rings. The van der Waals surface area contributed by atoms with Crippen molar-refractivity contribution >= 4 is 24.2 Å². The standard InChI is InChI=1S/C28H30N2O2S/c31-28(29-17-20-9-12-25(33)13-10-20)23-11-14-26-22(16-23)5-3-15-30(26)18-24-4-1-2-6-27(24)32-19-21-7-8-21/h1-2,4,6,9-14,16,21,33H,3,5,7-8,15,17-19H2,(H,29,31). The quantitative estimate of drug-likeness (QED) is 0.429. The van der Waals surface area contributed by atoms with Crippen LogP contribution in [0, 0.1) is 5.92 Å². The van der Waals surface area contributed by atoms with E-state index in [1.807, 2.05) is 36.4 Å². The van der Waals surface area contributed by atoms with Crippen molar-refractivity contribution in [3.05, 3.63) is 89.0 Å². The molecule has 0 spiro atoms. The van der Waals surface area contributed by atoms with E-state index in [0.29, 0.717) is 6.54 Å². The molecule has 5 heteroatoms. The van der Waals surface area contributed by atoms with Gasteiger partial charge in [0.25, 0.3) is 5.91 Å². The Kier molecular flexibility index (Phi) is 6.58. The van der Waals surface area contributed by atoms with Gasteiger partial charge in [0.2, 0.25) is 0 Å². The number of para-hydroxylation sites is 1. The molecule has 1 fully saturated rings. The zero-order chi connectivity index (χ0) is 22.6. The Morgan fingerprint density at radius 2 is 1.88 bits per heavy atom. The minimum absolute atomic E-state index is 0.0382. The number of nitrogens with zero attached hydrogens (tertiary/aromatic N) is 1. The number of fused-ring (bicyclic) bond motifs is 1. The highest BCUT2D eigenvalue weighted by atomic mass is 32.1. The first kappa shape index (κ1) is 21.9. The van der Waals surface area contributed by atoms with Gasteiger partial charge in [-0.2, -0.15) is 0 Å². The molecule has 1 amide bonds. The van der Waals surface area contributed by atoms with Crippen LogP contribution in [0.25, 0.3) is 0 Å². The van der Waals surface area contributed by atoms with E-state index in [1.54, 1.807) is 0 Å². The number of benzene rings is 3. The van der Waals surface area contributed by atoms with Crippen molar-refractivity contribution in [2.45, 2.75) is 43.7 Å². The first-order chi connectivity index (χ1) is 16.2. The third-order valence-electron chi connectivity index (χ3n) is 6.45. The Labute approximate surface area is 201 Å². The Morgan fingerprint density at radius 1 is 1.06 bits per heavy atom. The lowest BCUT2D eigenvalue weighted by Crippen LogP contribution is -2.30. The van der Waals surface area contributed by atoms with Crippen molar-refractivity contribution in [2.24, 2.45) is 5.92 Å². The van der Waals surface area contributed by atoms with E-state index >= 15 is 0 Å². The Bertz CT molecular complexity index is 1120. The number of hydrogen-bond acceptors (Lipinski definition) is 4. The lowest BCUT2D eigenvalue weighted by atomic mass is 9.98. The van der Waals surface area contributed by atoms with Crippen LogP contribution < -0.4 is 15.0 Å². The summed E-state index contributed by atoms with van der Waals surface area (Å²) in [5.41, 5.74) is 5.46. The SMILES string of the molecule is O=C(NCc1ccc(S)cc1)c1ccc2c(c1)CCCN2Cc1ccccc1OCC1CC1. The summed E-state index contributed by atoms with van der Waals surface area (Å²) in [6.07, 6.45) is 4.66. The van der Waals surface area contributed by atoms with Crippen LogP contribution in [0.15, 0.2) is 71.6 Å². The number of amides is 1. The maximum atomic E-state index is 12.8. The Hall–Kier alpha value is -2.92. The normalized spacial score (nSPS) is 15.1. The molecule has 4 nitrogen and oxygen atoms in total. The van der Waals surface area contributed by atoms with Gasteiger partial charge in [0.15, 0.2) is 0 Å². The first-order valence-electron chi connectivity index (χ1n) is 11.8. The van der Waals surface area contributed by atoms with Gasteiger partial charge in [0.05, 0.1) is 6.61 Å². The van der Waals surface area contributed by atoms with Gasteiger partial charge < -0.3 is 15.0 Å². The number of thiol groups is 1. The van der Waals surface area contributed by atoms with Crippen molar-refractivity contribution in [1.29, 1.82) is 0 Å². The number of ether oxygens (including phenoxy) is 1. The predicted molar refractivity (Wildman–Crippen MR) is 135 cm³/mol. The van der Waals surface area contributed by atoms with E-state index in [0.717, 1.165) is 60.2 Å². The fraction of sp³-hybridized carbons (Fsp3) is 0.321. The summed E-state index contributed by atoms with van der Waals surface area (Å²) in [7, 11) is 0. The number of rotatable bonds is 8. The molecule has 0 aromatic heterocycles. The lowest BCUT2D eigenvalue weighted by molar-refractivity contribution is 0.0951. The molecule has 0 saturated heterocycles. The lowest BCUT2D eigenvalue weighted by Gasteiger charge is -2.32. The largest absolute Gasteiger partial charge is 0.493 e. The third kappa shape index (κ3) is 5.53. The second kappa shape index (κ2) is 9.92. The predicted octanol–water partition coefficient (Wildman–Crippen LogP) is 5.65. The van der Waals surface area contributed by atoms with Crippen LogP contribution in [0.4, 0.5) is 5.69 Å². The zero-order valence-electron chi connectivity index (χ0n) is 18.8. The van der Waals surface area contributed by atoms with Gasteiger partial charge in [0.1, 0.15) is 5.75 Å². The number of nitrogens with one attached hydrogen (secondary N) is 1. The molecule has 3 aromatic carbocycles. The van der Waals surface area contributed by atoms with E-state index in [1.165, 1.54) is 29.7 Å². The van der Waals surface area contributed by atoms with Crippen LogP contribution in [0.5, 0.6) is 5.75 Å². The van der Waals surface area contributed by atoms with Gasteiger partial charge >= 0.3 is 0 Å². The number of hydrogen-bond donors (Lipinski definition) is 2. The zero-order valence-corrected chi connectivity index (χ0v) is 19.7. The number of aryl methyl sites for hydroxylation is 1. The summed E-state index contributed by atoms with van der Waals surface area (Å²) in [5.74, 6) is 1.70. The van der Waals surface area contributed by atoms with Crippen molar-refractivity contribution < 1.29 is 9.53 Å². The molecule has 1 aliphatic heterocycles. The summed E-state index contributed by atoms with van der Waals surface area (Å²) in [6.45, 7) is 3.16. The van der Waals surface area contributed by atoms with E-state index in [9.17, 15) is 4.79 Å². The highest BCUT2D eigenvalue weighted by molar-refractivity contribution is 7.80. The van der Waals surface area contributed by atoms with Crippen LogP contribution in [0.3, 0.4) is 0 Å². The van der Waals surface area contributed by atoms with Crippen LogP contribution in [-0.4, -0.2) is 19.1 Å². The smallest absolute Gasteiger partial charge is 0.251 e. The summed E-state index contributed by atoms with van der Waals surface area (Å²) < 4.78 is 6.13. The molecule has 3 aromatic rings. The van der Waals surface area contributed by atoms with Crippen molar-refractivity contribution in [3.63, 3.8) is 0 Å². The average Bonchev–Trinajstić information content (AvgIpc) is 3.67. The molecule has 1 heterocycles.